The van der Waals surface area contributed by atoms with Crippen LogP contribution in [0.5, 0.6) is 0 Å². The van der Waals surface area contributed by atoms with Crippen LogP contribution in [0.3, 0.4) is 0 Å². The average Bonchev–Trinajstić information content (AvgIpc) is 3.49. The highest BCUT2D eigenvalue weighted by atomic mass is 16.4. The Bertz CT molecular complexity index is 893. The number of imidazole rings is 1. The summed E-state index contributed by atoms with van der Waals surface area (Å²) in [6.07, 6.45) is 4.37. The van der Waals surface area contributed by atoms with Gasteiger partial charge in [-0.15, -0.1) is 0 Å². The van der Waals surface area contributed by atoms with E-state index in [1.807, 2.05) is 0 Å². The van der Waals surface area contributed by atoms with Crippen molar-refractivity contribution in [2.75, 3.05) is 13.1 Å². The molecule has 194 valence electrons. The normalized spacial score (nSPS) is 17.9. The predicted molar refractivity (Wildman–Crippen MR) is 122 cm³/mol. The standard InChI is InChI=1S/C21H33N7O7/c22-6-2-1-4-14(26-18(31)13(23)9-17(29)30)19(32)27-15(8-12-10-24-11-25-12)20(33)28-7-3-5-16(28)21(34)35/h10-11,13-16H,1-9,22-23H2,(H,24,25)(H,26,31)(H,27,32)(H,29,30)(H,34,35). The highest BCUT2D eigenvalue weighted by molar-refractivity contribution is 5.95. The van der Waals surface area contributed by atoms with E-state index in [9.17, 15) is 29.1 Å². The lowest BCUT2D eigenvalue weighted by Gasteiger charge is -2.28. The topological polar surface area (TPSA) is 234 Å². The van der Waals surface area contributed by atoms with Gasteiger partial charge in [0, 0.05) is 24.9 Å². The summed E-state index contributed by atoms with van der Waals surface area (Å²) in [6, 6.07) is -4.57. The van der Waals surface area contributed by atoms with Crippen LogP contribution in [0.4, 0.5) is 0 Å². The summed E-state index contributed by atoms with van der Waals surface area (Å²) >= 11 is 0. The van der Waals surface area contributed by atoms with Gasteiger partial charge in [0.1, 0.15) is 18.1 Å². The summed E-state index contributed by atoms with van der Waals surface area (Å²) in [6.45, 7) is 0.610. The molecule has 14 heteroatoms. The van der Waals surface area contributed by atoms with Gasteiger partial charge in [-0.05, 0) is 38.6 Å². The van der Waals surface area contributed by atoms with Crippen molar-refractivity contribution in [1.82, 2.24) is 25.5 Å². The van der Waals surface area contributed by atoms with Crippen molar-refractivity contribution in [1.29, 1.82) is 0 Å². The maximum atomic E-state index is 13.3. The predicted octanol–water partition coefficient (Wildman–Crippen LogP) is -2.07. The number of hydrogen-bond acceptors (Lipinski definition) is 8. The van der Waals surface area contributed by atoms with E-state index in [2.05, 4.69) is 20.6 Å². The molecule has 0 aliphatic carbocycles. The van der Waals surface area contributed by atoms with Gasteiger partial charge in [0.05, 0.1) is 18.8 Å². The molecule has 1 aromatic rings. The number of carbonyl (C=O) groups is 5. The number of aliphatic carboxylic acids is 2. The van der Waals surface area contributed by atoms with Crippen molar-refractivity contribution >= 4 is 29.7 Å². The molecule has 1 aromatic heterocycles. The summed E-state index contributed by atoms with van der Waals surface area (Å²) in [7, 11) is 0. The highest BCUT2D eigenvalue weighted by Crippen LogP contribution is 2.19. The number of nitrogens with zero attached hydrogens (tertiary/aromatic N) is 2. The Morgan fingerprint density at radius 2 is 1.86 bits per heavy atom. The zero-order valence-corrected chi connectivity index (χ0v) is 19.3. The third-order valence-electron chi connectivity index (χ3n) is 5.73. The van der Waals surface area contributed by atoms with E-state index in [1.165, 1.54) is 17.4 Å². The molecule has 4 unspecified atom stereocenters. The SMILES string of the molecule is NCCCCC(NC(=O)C(N)CC(=O)O)C(=O)NC(Cc1cnc[nH]1)C(=O)N1CCCC1C(=O)O. The van der Waals surface area contributed by atoms with Gasteiger partial charge in [0.25, 0.3) is 0 Å². The molecule has 1 aliphatic heterocycles. The number of carbonyl (C=O) groups excluding carboxylic acids is 3. The van der Waals surface area contributed by atoms with Crippen LogP contribution in [0.2, 0.25) is 0 Å². The maximum Gasteiger partial charge on any atom is 0.326 e. The number of likely N-dealkylation sites (tertiary alicyclic amines) is 1. The number of aromatic amines is 1. The molecule has 0 spiro atoms. The first-order valence-corrected chi connectivity index (χ1v) is 11.4. The van der Waals surface area contributed by atoms with E-state index in [4.69, 9.17) is 16.6 Å². The molecule has 0 aromatic carbocycles. The molecule has 0 radical (unpaired) electrons. The van der Waals surface area contributed by atoms with Gasteiger partial charge < -0.3 is 42.2 Å². The first-order chi connectivity index (χ1) is 16.6. The second-order valence-corrected chi connectivity index (χ2v) is 8.42. The van der Waals surface area contributed by atoms with Gasteiger partial charge >= 0.3 is 11.9 Å². The van der Waals surface area contributed by atoms with Crippen molar-refractivity contribution in [3.05, 3.63) is 18.2 Å². The molecule has 3 amide bonds. The van der Waals surface area contributed by atoms with Gasteiger partial charge in [-0.25, -0.2) is 9.78 Å². The molecule has 4 atom stereocenters. The van der Waals surface area contributed by atoms with E-state index in [-0.39, 0.29) is 19.4 Å². The zero-order valence-electron chi connectivity index (χ0n) is 19.3. The number of amides is 3. The van der Waals surface area contributed by atoms with Gasteiger partial charge in [-0.3, -0.25) is 19.2 Å². The van der Waals surface area contributed by atoms with Crippen LogP contribution in [-0.2, 0) is 30.4 Å². The van der Waals surface area contributed by atoms with Crippen LogP contribution in [0.1, 0.15) is 44.2 Å². The van der Waals surface area contributed by atoms with Crippen molar-refractivity contribution in [2.24, 2.45) is 11.5 Å². The molecule has 1 fully saturated rings. The monoisotopic (exact) mass is 495 g/mol. The second-order valence-electron chi connectivity index (χ2n) is 8.42. The molecule has 1 saturated heterocycles. The molecule has 9 N–H and O–H groups in total. The lowest BCUT2D eigenvalue weighted by molar-refractivity contribution is -0.149. The Kier molecular flexibility index (Phi) is 10.6. The summed E-state index contributed by atoms with van der Waals surface area (Å²) in [5.41, 5.74) is 11.7. The van der Waals surface area contributed by atoms with Crippen LogP contribution in [0.25, 0.3) is 0 Å². The van der Waals surface area contributed by atoms with E-state index < -0.39 is 60.2 Å². The second kappa shape index (κ2) is 13.4. The van der Waals surface area contributed by atoms with Crippen molar-refractivity contribution < 1.29 is 34.2 Å². The zero-order chi connectivity index (χ0) is 26.0. The fourth-order valence-electron chi connectivity index (χ4n) is 3.90. The quantitative estimate of drug-likeness (QED) is 0.139. The van der Waals surface area contributed by atoms with Crippen molar-refractivity contribution in [3.63, 3.8) is 0 Å². The number of nitrogens with two attached hydrogens (primary N) is 2. The lowest BCUT2D eigenvalue weighted by Crippen LogP contribution is -2.57. The summed E-state index contributed by atoms with van der Waals surface area (Å²) in [5, 5.41) is 23.4. The Hall–Kier alpha value is -3.52. The fourth-order valence-corrected chi connectivity index (χ4v) is 3.90. The molecule has 35 heavy (non-hydrogen) atoms. The molecule has 2 rings (SSSR count). The first kappa shape index (κ1) is 27.7. The molecular weight excluding hydrogens is 462 g/mol. The minimum Gasteiger partial charge on any atom is -0.481 e. The number of rotatable bonds is 14. The van der Waals surface area contributed by atoms with Crippen LogP contribution in [0.15, 0.2) is 12.5 Å². The van der Waals surface area contributed by atoms with Gasteiger partial charge in [0.15, 0.2) is 0 Å². The van der Waals surface area contributed by atoms with Crippen molar-refractivity contribution in [2.45, 2.75) is 69.1 Å². The minimum atomic E-state index is -1.36. The summed E-state index contributed by atoms with van der Waals surface area (Å²) < 4.78 is 0. The van der Waals surface area contributed by atoms with Gasteiger partial charge in [-0.1, -0.05) is 0 Å². The summed E-state index contributed by atoms with van der Waals surface area (Å²) in [5.74, 6) is -4.45. The molecule has 0 bridgehead atoms. The maximum absolute atomic E-state index is 13.3. The van der Waals surface area contributed by atoms with Crippen molar-refractivity contribution in [3.8, 4) is 0 Å². The Morgan fingerprint density at radius 3 is 2.46 bits per heavy atom. The Labute approximate surface area is 201 Å². The van der Waals surface area contributed by atoms with Gasteiger partial charge in [-0.2, -0.15) is 0 Å². The minimum absolute atomic E-state index is 0.0232. The number of carboxylic acids is 2. The Morgan fingerprint density at radius 1 is 1.14 bits per heavy atom. The van der Waals surface area contributed by atoms with Crippen LogP contribution in [-0.4, -0.2) is 92.0 Å². The van der Waals surface area contributed by atoms with E-state index in [0.717, 1.165) is 0 Å². The molecule has 2 heterocycles. The molecule has 1 aliphatic rings. The third kappa shape index (κ3) is 8.33. The smallest absolute Gasteiger partial charge is 0.326 e. The molecule has 0 saturated carbocycles. The van der Waals surface area contributed by atoms with E-state index >= 15 is 0 Å². The largest absolute Gasteiger partial charge is 0.481 e. The number of H-pyrrole nitrogens is 1. The molecule has 14 nitrogen and oxygen atoms in total. The highest BCUT2D eigenvalue weighted by Gasteiger charge is 2.38. The van der Waals surface area contributed by atoms with E-state index in [0.29, 0.717) is 37.9 Å². The van der Waals surface area contributed by atoms with E-state index in [1.54, 1.807) is 0 Å². The number of hydrogen-bond donors (Lipinski definition) is 7. The van der Waals surface area contributed by atoms with Crippen LogP contribution in [0, 0.1) is 0 Å². The number of unbranched alkanes of at least 4 members (excludes halogenated alkanes) is 1. The lowest BCUT2D eigenvalue weighted by atomic mass is 10.0. The van der Waals surface area contributed by atoms with Gasteiger partial charge in [0.2, 0.25) is 17.7 Å². The third-order valence-corrected chi connectivity index (χ3v) is 5.73. The van der Waals surface area contributed by atoms with Crippen LogP contribution < -0.4 is 22.1 Å². The number of nitrogens with one attached hydrogen (secondary N) is 3. The molecular formula is C21H33N7O7. The fraction of sp³-hybridized carbons (Fsp3) is 0.619. The number of carboxylic acid groups (broad SMARTS) is 2. The summed E-state index contributed by atoms with van der Waals surface area (Å²) in [4.78, 5) is 69.3. The Balaban J connectivity index is 2.20. The number of aromatic nitrogens is 2. The average molecular weight is 496 g/mol. The first-order valence-electron chi connectivity index (χ1n) is 11.4. The van der Waals surface area contributed by atoms with Crippen LogP contribution >= 0.6 is 0 Å².